The van der Waals surface area contributed by atoms with Gasteiger partial charge in [0.2, 0.25) is 0 Å². The largest absolute Gasteiger partial charge is 0.348 e. The summed E-state index contributed by atoms with van der Waals surface area (Å²) in [5, 5.41) is 3.37. The van der Waals surface area contributed by atoms with Gasteiger partial charge >= 0.3 is 0 Å². The smallest absolute Gasteiger partial charge is 0.185 e. The van der Waals surface area contributed by atoms with E-state index in [4.69, 9.17) is 4.98 Å². The second-order valence-corrected chi connectivity index (χ2v) is 5.86. The number of hydrogen-bond acceptors (Lipinski definition) is 3. The van der Waals surface area contributed by atoms with Crippen LogP contribution in [0.4, 0.5) is 5.13 Å². The van der Waals surface area contributed by atoms with Crippen LogP contribution < -0.4 is 4.90 Å². The minimum Gasteiger partial charge on any atom is -0.348 e. The lowest BCUT2D eigenvalue weighted by Crippen LogP contribution is -2.17. The molecule has 1 saturated heterocycles. The number of hydrogen-bond donors (Lipinski definition) is 0. The molecular formula is C15H18N2S. The van der Waals surface area contributed by atoms with E-state index in [0.717, 1.165) is 5.69 Å². The van der Waals surface area contributed by atoms with Gasteiger partial charge in [0, 0.05) is 24.0 Å². The van der Waals surface area contributed by atoms with Gasteiger partial charge in [-0.25, -0.2) is 4.98 Å². The van der Waals surface area contributed by atoms with Gasteiger partial charge in [0.1, 0.15) is 0 Å². The van der Waals surface area contributed by atoms with Crippen molar-refractivity contribution in [1.29, 1.82) is 0 Å². The van der Waals surface area contributed by atoms with Crippen molar-refractivity contribution >= 4 is 16.5 Å². The Hall–Kier alpha value is -1.35. The quantitative estimate of drug-likeness (QED) is 0.808. The van der Waals surface area contributed by atoms with E-state index in [1.807, 2.05) is 0 Å². The van der Waals surface area contributed by atoms with Crippen molar-refractivity contribution in [1.82, 2.24) is 4.98 Å². The molecule has 2 nitrogen and oxygen atoms in total. The first-order valence-electron chi connectivity index (χ1n) is 6.52. The van der Waals surface area contributed by atoms with Crippen LogP contribution in [0.25, 0.3) is 11.3 Å². The Morgan fingerprint density at radius 3 is 2.67 bits per heavy atom. The standard InChI is InChI=1S/C15H18N2S/c1-11-5-6-13(12(2)9-11)14-10-18-15(16-14)17-7-3-4-8-17/h5-6,9-10H,3-4,7-8H2,1-2H3. The number of nitrogens with zero attached hydrogens (tertiary/aromatic N) is 2. The highest BCUT2D eigenvalue weighted by Gasteiger charge is 2.16. The summed E-state index contributed by atoms with van der Waals surface area (Å²) in [6.45, 7) is 6.63. The van der Waals surface area contributed by atoms with Crippen LogP contribution in [0.5, 0.6) is 0 Å². The lowest BCUT2D eigenvalue weighted by molar-refractivity contribution is 0.949. The molecule has 0 bridgehead atoms. The van der Waals surface area contributed by atoms with Crippen molar-refractivity contribution in [3.8, 4) is 11.3 Å². The van der Waals surface area contributed by atoms with E-state index in [0.29, 0.717) is 0 Å². The van der Waals surface area contributed by atoms with Gasteiger partial charge in [0.25, 0.3) is 0 Å². The number of aromatic nitrogens is 1. The molecule has 0 spiro atoms. The van der Waals surface area contributed by atoms with Gasteiger partial charge in [-0.2, -0.15) is 0 Å². The van der Waals surface area contributed by atoms with E-state index in [1.54, 1.807) is 11.3 Å². The molecule has 0 saturated carbocycles. The first-order chi connectivity index (χ1) is 8.74. The zero-order valence-corrected chi connectivity index (χ0v) is 11.8. The normalized spacial score (nSPS) is 15.3. The molecule has 0 N–H and O–H groups in total. The molecule has 1 fully saturated rings. The first kappa shape index (κ1) is 11.7. The summed E-state index contributed by atoms with van der Waals surface area (Å²) < 4.78 is 0. The van der Waals surface area contributed by atoms with E-state index < -0.39 is 0 Å². The average Bonchev–Trinajstić information content (AvgIpc) is 2.99. The van der Waals surface area contributed by atoms with E-state index in [9.17, 15) is 0 Å². The van der Waals surface area contributed by atoms with Gasteiger partial charge in [-0.05, 0) is 32.3 Å². The van der Waals surface area contributed by atoms with Crippen LogP contribution in [0.1, 0.15) is 24.0 Å². The monoisotopic (exact) mass is 258 g/mol. The van der Waals surface area contributed by atoms with Crippen LogP contribution in [0.3, 0.4) is 0 Å². The second-order valence-electron chi connectivity index (χ2n) is 5.03. The maximum atomic E-state index is 4.80. The van der Waals surface area contributed by atoms with Crippen LogP contribution in [0, 0.1) is 13.8 Å². The van der Waals surface area contributed by atoms with Crippen molar-refractivity contribution < 1.29 is 0 Å². The van der Waals surface area contributed by atoms with Crippen LogP contribution >= 0.6 is 11.3 Å². The maximum Gasteiger partial charge on any atom is 0.185 e. The van der Waals surface area contributed by atoms with Crippen molar-refractivity contribution in [3.63, 3.8) is 0 Å². The lowest BCUT2D eigenvalue weighted by atomic mass is 10.0. The number of rotatable bonds is 2. The Morgan fingerprint density at radius 1 is 1.17 bits per heavy atom. The number of anilines is 1. The fraction of sp³-hybridized carbons (Fsp3) is 0.400. The molecule has 1 aliphatic heterocycles. The van der Waals surface area contributed by atoms with E-state index in [2.05, 4.69) is 42.3 Å². The summed E-state index contributed by atoms with van der Waals surface area (Å²) in [5.41, 5.74) is 5.02. The van der Waals surface area contributed by atoms with Gasteiger partial charge in [0.15, 0.2) is 5.13 Å². The summed E-state index contributed by atoms with van der Waals surface area (Å²) >= 11 is 1.77. The molecule has 1 aromatic heterocycles. The number of aryl methyl sites for hydroxylation is 2. The van der Waals surface area contributed by atoms with Gasteiger partial charge < -0.3 is 4.90 Å². The van der Waals surface area contributed by atoms with Crippen molar-refractivity contribution in [2.45, 2.75) is 26.7 Å². The molecule has 0 atom stereocenters. The van der Waals surface area contributed by atoms with E-state index >= 15 is 0 Å². The Morgan fingerprint density at radius 2 is 1.94 bits per heavy atom. The molecule has 0 unspecified atom stereocenters. The minimum absolute atomic E-state index is 1.12. The van der Waals surface area contributed by atoms with Crippen molar-refractivity contribution in [3.05, 3.63) is 34.7 Å². The molecular weight excluding hydrogens is 240 g/mol. The highest BCUT2D eigenvalue weighted by molar-refractivity contribution is 7.14. The fourth-order valence-corrected chi connectivity index (χ4v) is 3.42. The number of benzene rings is 1. The third-order valence-corrected chi connectivity index (χ3v) is 4.43. The Kier molecular flexibility index (Phi) is 3.08. The Balaban J connectivity index is 1.92. The highest BCUT2D eigenvalue weighted by atomic mass is 32.1. The topological polar surface area (TPSA) is 16.1 Å². The molecule has 18 heavy (non-hydrogen) atoms. The zero-order valence-electron chi connectivity index (χ0n) is 10.9. The van der Waals surface area contributed by atoms with Gasteiger partial charge in [0.05, 0.1) is 5.69 Å². The highest BCUT2D eigenvalue weighted by Crippen LogP contribution is 2.31. The van der Waals surface area contributed by atoms with Gasteiger partial charge in [-0.1, -0.05) is 23.8 Å². The van der Waals surface area contributed by atoms with Crippen LogP contribution in [-0.2, 0) is 0 Å². The third-order valence-electron chi connectivity index (χ3n) is 3.53. The van der Waals surface area contributed by atoms with E-state index in [1.165, 1.54) is 47.8 Å². The summed E-state index contributed by atoms with van der Waals surface area (Å²) in [4.78, 5) is 7.20. The second kappa shape index (κ2) is 4.73. The molecule has 2 aromatic rings. The molecule has 1 aliphatic rings. The van der Waals surface area contributed by atoms with E-state index in [-0.39, 0.29) is 0 Å². The molecule has 0 amide bonds. The Labute approximate surface area is 112 Å². The van der Waals surface area contributed by atoms with Crippen molar-refractivity contribution in [2.75, 3.05) is 18.0 Å². The summed E-state index contributed by atoms with van der Waals surface area (Å²) in [5.74, 6) is 0. The molecule has 3 heteroatoms. The predicted molar refractivity (Wildman–Crippen MR) is 78.5 cm³/mol. The maximum absolute atomic E-state index is 4.80. The SMILES string of the molecule is Cc1ccc(-c2csc(N3CCCC3)n2)c(C)c1. The third kappa shape index (κ3) is 2.15. The Bertz CT molecular complexity index is 553. The summed E-state index contributed by atoms with van der Waals surface area (Å²) in [7, 11) is 0. The minimum atomic E-state index is 1.12. The van der Waals surface area contributed by atoms with Crippen LogP contribution in [0.2, 0.25) is 0 Å². The van der Waals surface area contributed by atoms with Gasteiger partial charge in [-0.15, -0.1) is 11.3 Å². The molecule has 3 rings (SSSR count). The summed E-state index contributed by atoms with van der Waals surface area (Å²) in [6.07, 6.45) is 2.61. The van der Waals surface area contributed by atoms with Crippen LogP contribution in [0.15, 0.2) is 23.6 Å². The fourth-order valence-electron chi connectivity index (χ4n) is 2.54. The molecule has 0 aliphatic carbocycles. The number of thiazole rings is 1. The molecule has 94 valence electrons. The van der Waals surface area contributed by atoms with Crippen molar-refractivity contribution in [2.24, 2.45) is 0 Å². The van der Waals surface area contributed by atoms with Crippen LogP contribution in [-0.4, -0.2) is 18.1 Å². The summed E-state index contributed by atoms with van der Waals surface area (Å²) in [6, 6.07) is 6.58. The molecule has 2 heterocycles. The van der Waals surface area contributed by atoms with Gasteiger partial charge in [-0.3, -0.25) is 0 Å². The molecule has 0 radical (unpaired) electrons. The predicted octanol–water partition coefficient (Wildman–Crippen LogP) is 4.03. The first-order valence-corrected chi connectivity index (χ1v) is 7.40. The zero-order chi connectivity index (χ0) is 12.5. The molecule has 1 aromatic carbocycles. The average molecular weight is 258 g/mol. The lowest BCUT2D eigenvalue weighted by Gasteiger charge is -2.12.